The van der Waals surface area contributed by atoms with Crippen molar-refractivity contribution in [1.82, 2.24) is 0 Å². The quantitative estimate of drug-likeness (QED) is 0.440. The normalized spacial score (nSPS) is 25.6. The van der Waals surface area contributed by atoms with Crippen LogP contribution >= 0.6 is 11.6 Å². The summed E-state index contributed by atoms with van der Waals surface area (Å²) in [7, 11) is 0. The van der Waals surface area contributed by atoms with E-state index in [9.17, 15) is 22.8 Å². The van der Waals surface area contributed by atoms with Crippen molar-refractivity contribution in [2.45, 2.75) is 18.0 Å². The van der Waals surface area contributed by atoms with Gasteiger partial charge in [-0.25, -0.2) is 4.90 Å². The standard InChI is InChI=1S/C25H15ClF3NO2/c26-17-10-9-12(25(27,28)29)11-18(17)30-23(31)21-19-13-5-1-2-6-14(13)20(22(21)24(30)32)16-8-4-3-7-15(16)19/h1-11,19-22H/t19?,20?,21-,22+. The third-order valence-electron chi connectivity index (χ3n) is 6.96. The van der Waals surface area contributed by atoms with Crippen LogP contribution in [0, 0.1) is 11.8 Å². The first-order valence-corrected chi connectivity index (χ1v) is 10.6. The number of alkyl halides is 3. The second-order valence-corrected chi connectivity index (χ2v) is 8.85. The summed E-state index contributed by atoms with van der Waals surface area (Å²) in [6.45, 7) is 0. The van der Waals surface area contributed by atoms with Crippen LogP contribution in [-0.2, 0) is 15.8 Å². The predicted molar refractivity (Wildman–Crippen MR) is 112 cm³/mol. The fraction of sp³-hybridized carbons (Fsp3) is 0.200. The number of carbonyl (C=O) groups excluding carboxylic acids is 2. The van der Waals surface area contributed by atoms with Gasteiger partial charge in [0.1, 0.15) is 0 Å². The zero-order valence-electron chi connectivity index (χ0n) is 16.4. The molecule has 2 bridgehead atoms. The Morgan fingerprint density at radius 3 is 1.56 bits per heavy atom. The van der Waals surface area contributed by atoms with E-state index in [4.69, 9.17) is 11.6 Å². The van der Waals surface area contributed by atoms with Gasteiger partial charge in [0.2, 0.25) is 11.8 Å². The zero-order chi connectivity index (χ0) is 22.4. The van der Waals surface area contributed by atoms with E-state index < -0.39 is 35.4 Å². The number of amides is 2. The van der Waals surface area contributed by atoms with Gasteiger partial charge in [-0.3, -0.25) is 9.59 Å². The molecule has 32 heavy (non-hydrogen) atoms. The maximum absolute atomic E-state index is 13.6. The predicted octanol–water partition coefficient (Wildman–Crippen LogP) is 5.76. The van der Waals surface area contributed by atoms with Crippen molar-refractivity contribution in [2.24, 2.45) is 11.8 Å². The SMILES string of the molecule is O=C1[C@@H]2C3c4ccccc4C(c4ccccc43)[C@@H]2C(=O)N1c1cc(C(F)(F)F)ccc1Cl. The van der Waals surface area contributed by atoms with Gasteiger partial charge in [0.25, 0.3) is 0 Å². The molecule has 1 fully saturated rings. The van der Waals surface area contributed by atoms with Gasteiger partial charge in [-0.1, -0.05) is 60.1 Å². The first kappa shape index (κ1) is 19.6. The van der Waals surface area contributed by atoms with Gasteiger partial charge >= 0.3 is 6.18 Å². The summed E-state index contributed by atoms with van der Waals surface area (Å²) in [6.07, 6.45) is -4.62. The summed E-state index contributed by atoms with van der Waals surface area (Å²) in [6, 6.07) is 18.2. The van der Waals surface area contributed by atoms with Gasteiger partial charge in [-0.2, -0.15) is 13.2 Å². The molecule has 0 spiro atoms. The minimum atomic E-state index is -4.62. The molecule has 2 amide bonds. The number of halogens is 4. The van der Waals surface area contributed by atoms with Crippen molar-refractivity contribution < 1.29 is 22.8 Å². The highest BCUT2D eigenvalue weighted by atomic mass is 35.5. The topological polar surface area (TPSA) is 37.4 Å². The Bertz CT molecular complexity index is 1200. The lowest BCUT2D eigenvalue weighted by molar-refractivity contribution is -0.137. The largest absolute Gasteiger partial charge is 0.416 e. The Kier molecular flexibility index (Phi) is 3.94. The van der Waals surface area contributed by atoms with Crippen LogP contribution in [0.15, 0.2) is 66.7 Å². The monoisotopic (exact) mass is 453 g/mol. The molecule has 7 rings (SSSR count). The number of nitrogens with zero attached hydrogens (tertiary/aromatic N) is 1. The van der Waals surface area contributed by atoms with E-state index in [0.29, 0.717) is 0 Å². The fourth-order valence-electron chi connectivity index (χ4n) is 5.78. The zero-order valence-corrected chi connectivity index (χ0v) is 17.2. The van der Waals surface area contributed by atoms with Crippen molar-refractivity contribution in [3.8, 4) is 0 Å². The van der Waals surface area contributed by atoms with Crippen LogP contribution in [-0.4, -0.2) is 11.8 Å². The van der Waals surface area contributed by atoms with E-state index in [1.807, 2.05) is 48.5 Å². The van der Waals surface area contributed by atoms with Crippen LogP contribution in [0.5, 0.6) is 0 Å². The Hall–Kier alpha value is -3.12. The highest BCUT2D eigenvalue weighted by Gasteiger charge is 2.62. The molecule has 4 aliphatic rings. The third-order valence-corrected chi connectivity index (χ3v) is 7.28. The molecule has 7 heteroatoms. The fourth-order valence-corrected chi connectivity index (χ4v) is 5.98. The molecule has 3 aromatic carbocycles. The van der Waals surface area contributed by atoms with E-state index in [1.165, 1.54) is 0 Å². The van der Waals surface area contributed by atoms with Gasteiger partial charge in [-0.05, 0) is 40.5 Å². The lowest BCUT2D eigenvalue weighted by Gasteiger charge is -2.45. The Morgan fingerprint density at radius 2 is 1.16 bits per heavy atom. The third kappa shape index (κ3) is 2.44. The molecule has 1 heterocycles. The second-order valence-electron chi connectivity index (χ2n) is 8.44. The van der Waals surface area contributed by atoms with E-state index in [0.717, 1.165) is 45.4 Å². The van der Waals surface area contributed by atoms with E-state index in [1.54, 1.807) is 0 Å². The molecule has 0 unspecified atom stereocenters. The van der Waals surface area contributed by atoms with Crippen LogP contribution in [0.25, 0.3) is 0 Å². The lowest BCUT2D eigenvalue weighted by atomic mass is 9.55. The van der Waals surface area contributed by atoms with Crippen molar-refractivity contribution in [3.63, 3.8) is 0 Å². The summed E-state index contributed by atoms with van der Waals surface area (Å²) < 4.78 is 40.0. The molecule has 0 N–H and O–H groups in total. The van der Waals surface area contributed by atoms with Gasteiger partial charge in [-0.15, -0.1) is 0 Å². The number of rotatable bonds is 1. The highest BCUT2D eigenvalue weighted by Crippen LogP contribution is 2.61. The lowest BCUT2D eigenvalue weighted by Crippen LogP contribution is -2.41. The van der Waals surface area contributed by atoms with Crippen LogP contribution in [0.4, 0.5) is 18.9 Å². The van der Waals surface area contributed by atoms with Gasteiger partial charge < -0.3 is 0 Å². The smallest absolute Gasteiger partial charge is 0.274 e. The van der Waals surface area contributed by atoms with E-state index >= 15 is 0 Å². The molecule has 1 saturated heterocycles. The molecule has 2 atom stereocenters. The summed E-state index contributed by atoms with van der Waals surface area (Å²) in [4.78, 5) is 28.2. The number of hydrogen-bond donors (Lipinski definition) is 0. The van der Waals surface area contributed by atoms with Crippen molar-refractivity contribution >= 4 is 29.1 Å². The van der Waals surface area contributed by atoms with E-state index in [2.05, 4.69) is 0 Å². The molecule has 3 aliphatic carbocycles. The van der Waals surface area contributed by atoms with Crippen LogP contribution < -0.4 is 4.90 Å². The number of benzene rings is 3. The number of anilines is 1. The molecular formula is C25H15ClF3NO2. The first-order valence-electron chi connectivity index (χ1n) is 10.2. The maximum Gasteiger partial charge on any atom is 0.416 e. The van der Waals surface area contributed by atoms with E-state index in [-0.39, 0.29) is 22.5 Å². The highest BCUT2D eigenvalue weighted by molar-refractivity contribution is 6.36. The summed E-state index contributed by atoms with van der Waals surface area (Å²) in [5.41, 5.74) is 2.82. The van der Waals surface area contributed by atoms with Crippen LogP contribution in [0.3, 0.4) is 0 Å². The number of imide groups is 1. The summed E-state index contributed by atoms with van der Waals surface area (Å²) >= 11 is 6.21. The van der Waals surface area contributed by atoms with Crippen molar-refractivity contribution in [1.29, 1.82) is 0 Å². The summed E-state index contributed by atoms with van der Waals surface area (Å²) in [5, 5.41) is -0.0688. The molecular weight excluding hydrogens is 439 g/mol. The molecule has 0 saturated carbocycles. The first-order chi connectivity index (χ1) is 15.3. The maximum atomic E-state index is 13.6. The minimum absolute atomic E-state index is 0.0688. The second kappa shape index (κ2) is 6.45. The summed E-state index contributed by atoms with van der Waals surface area (Å²) in [5.74, 6) is -3.02. The van der Waals surface area contributed by atoms with Gasteiger partial charge in [0, 0.05) is 11.8 Å². The molecule has 1 aliphatic heterocycles. The van der Waals surface area contributed by atoms with Crippen LogP contribution in [0.1, 0.15) is 39.7 Å². The molecule has 0 aromatic heterocycles. The van der Waals surface area contributed by atoms with Crippen LogP contribution in [0.2, 0.25) is 5.02 Å². The molecule has 3 nitrogen and oxygen atoms in total. The molecule has 3 aromatic rings. The Morgan fingerprint density at radius 1 is 0.719 bits per heavy atom. The molecule has 160 valence electrons. The average molecular weight is 454 g/mol. The molecule has 0 radical (unpaired) electrons. The Labute approximate surface area is 186 Å². The number of hydrogen-bond acceptors (Lipinski definition) is 2. The van der Waals surface area contributed by atoms with Gasteiger partial charge in [0.05, 0.1) is 28.1 Å². The minimum Gasteiger partial charge on any atom is -0.274 e. The van der Waals surface area contributed by atoms with Gasteiger partial charge in [0.15, 0.2) is 0 Å². The average Bonchev–Trinajstić information content (AvgIpc) is 3.04. The van der Waals surface area contributed by atoms with Crippen molar-refractivity contribution in [2.75, 3.05) is 4.90 Å². The number of carbonyl (C=O) groups is 2. The Balaban J connectivity index is 1.54. The van der Waals surface area contributed by atoms with Crippen molar-refractivity contribution in [3.05, 3.63) is 99.6 Å².